The van der Waals surface area contributed by atoms with Gasteiger partial charge in [-0.1, -0.05) is 72.3 Å². The van der Waals surface area contributed by atoms with E-state index in [1.807, 2.05) is 0 Å². The average molecular weight is 384 g/mol. The van der Waals surface area contributed by atoms with Crippen molar-refractivity contribution in [3.8, 4) is 0 Å². The van der Waals surface area contributed by atoms with E-state index in [1.54, 1.807) is 0 Å². The molecule has 1 heterocycles. The molecule has 1 aromatic rings. The van der Waals surface area contributed by atoms with Crippen LogP contribution in [0.5, 0.6) is 0 Å². The molecule has 0 saturated carbocycles. The van der Waals surface area contributed by atoms with Crippen molar-refractivity contribution in [2.75, 3.05) is 0 Å². The number of hydrogen-bond acceptors (Lipinski definition) is 0. The lowest BCUT2D eigenvalue weighted by Gasteiger charge is -2.28. The van der Waals surface area contributed by atoms with Crippen LogP contribution in [0.4, 0.5) is 0 Å². The molecule has 0 spiro atoms. The second-order valence-corrected chi connectivity index (χ2v) is 10.8. The molecule has 1 aromatic heterocycles. The Hall–Kier alpha value is -1.24. The van der Waals surface area contributed by atoms with Crippen molar-refractivity contribution in [2.24, 2.45) is 16.7 Å². The molecular weight excluding hydrogens is 338 g/mol. The Balaban J connectivity index is 2.38. The van der Waals surface area contributed by atoms with Gasteiger partial charge in [-0.15, -0.1) is 0 Å². The molecule has 1 heteroatoms. The lowest BCUT2D eigenvalue weighted by molar-refractivity contribution is 0.258. The monoisotopic (exact) mass is 383 g/mol. The normalized spacial score (nSPS) is 23.5. The second kappa shape index (κ2) is 9.99. The number of aromatic nitrogens is 1. The van der Waals surface area contributed by atoms with Crippen LogP contribution in [0.3, 0.4) is 0 Å². The molecule has 1 unspecified atom stereocenters. The van der Waals surface area contributed by atoms with Crippen molar-refractivity contribution < 1.29 is 0 Å². The van der Waals surface area contributed by atoms with E-state index in [1.165, 1.54) is 61.2 Å². The summed E-state index contributed by atoms with van der Waals surface area (Å²) >= 11 is 0. The van der Waals surface area contributed by atoms with Gasteiger partial charge in [0.05, 0.1) is 0 Å². The number of hydrogen-bond donors (Lipinski definition) is 0. The molecule has 0 radical (unpaired) electrons. The Morgan fingerprint density at radius 2 is 1.75 bits per heavy atom. The Bertz CT molecular complexity index is 757. The first-order chi connectivity index (χ1) is 13.1. The highest BCUT2D eigenvalue weighted by Crippen LogP contribution is 2.34. The summed E-state index contributed by atoms with van der Waals surface area (Å²) in [7, 11) is 0. The van der Waals surface area contributed by atoms with E-state index in [2.05, 4.69) is 83.4 Å². The number of nitrogens with zero attached hydrogens (tertiary/aromatic N) is 1. The molecule has 0 amide bonds. The molecule has 28 heavy (non-hydrogen) atoms. The summed E-state index contributed by atoms with van der Waals surface area (Å²) in [5.74, 6) is 0.602. The van der Waals surface area contributed by atoms with Gasteiger partial charge in [-0.3, -0.25) is 0 Å². The molecule has 0 saturated heterocycles. The van der Waals surface area contributed by atoms with Gasteiger partial charge in [0.25, 0.3) is 0 Å². The molecule has 1 nitrogen and oxygen atoms in total. The van der Waals surface area contributed by atoms with Crippen LogP contribution in [0.1, 0.15) is 98.6 Å². The van der Waals surface area contributed by atoms with E-state index >= 15 is 0 Å². The summed E-state index contributed by atoms with van der Waals surface area (Å²) in [5, 5.41) is 2.90. The minimum absolute atomic E-state index is 0.418. The van der Waals surface area contributed by atoms with Gasteiger partial charge >= 0.3 is 0 Å². The van der Waals surface area contributed by atoms with Crippen molar-refractivity contribution in [1.82, 2.24) is 4.57 Å². The van der Waals surface area contributed by atoms with Crippen LogP contribution in [0, 0.1) is 23.7 Å². The largest absolute Gasteiger partial charge is 0.345 e. The first-order valence-corrected chi connectivity index (χ1v) is 11.7. The number of aryl methyl sites for hydroxylation is 1. The Morgan fingerprint density at radius 1 is 1.04 bits per heavy atom. The number of allylic oxidation sites excluding steroid dienone is 2. The van der Waals surface area contributed by atoms with Crippen LogP contribution in [0.2, 0.25) is 0 Å². The molecule has 0 aliphatic heterocycles. The van der Waals surface area contributed by atoms with Crippen LogP contribution >= 0.6 is 0 Å². The van der Waals surface area contributed by atoms with Crippen LogP contribution < -0.4 is 10.6 Å². The molecule has 1 aliphatic carbocycles. The summed E-state index contributed by atoms with van der Waals surface area (Å²) in [4.78, 5) is 0. The standard InChI is InChI=1S/C27H45N/c1-8-20-28-23(3)21-24-15-14-22(2)12-9-16-26(4,5)18-11-19-27(6,7)17-10-13-25(24)28/h9,12-13,15,21-22H,8,10-11,14,16-20H2,1-7H3. The molecule has 2 rings (SSSR count). The smallest absolute Gasteiger partial charge is 0.0438 e. The average Bonchev–Trinajstić information content (AvgIpc) is 2.87. The fourth-order valence-electron chi connectivity index (χ4n) is 4.52. The van der Waals surface area contributed by atoms with Crippen LogP contribution in [0.25, 0.3) is 12.2 Å². The maximum absolute atomic E-state index is 2.53. The van der Waals surface area contributed by atoms with Gasteiger partial charge in [-0.2, -0.15) is 0 Å². The predicted molar refractivity (Wildman–Crippen MR) is 126 cm³/mol. The maximum atomic E-state index is 2.53. The lowest BCUT2D eigenvalue weighted by Crippen LogP contribution is -2.30. The van der Waals surface area contributed by atoms with E-state index in [0.717, 1.165) is 13.0 Å². The Morgan fingerprint density at radius 3 is 2.46 bits per heavy atom. The summed E-state index contributed by atoms with van der Waals surface area (Å²) in [6.07, 6.45) is 19.8. The van der Waals surface area contributed by atoms with Gasteiger partial charge < -0.3 is 4.57 Å². The van der Waals surface area contributed by atoms with Gasteiger partial charge in [0.2, 0.25) is 0 Å². The third-order valence-electron chi connectivity index (χ3n) is 6.53. The Labute approximate surface area is 174 Å². The summed E-state index contributed by atoms with van der Waals surface area (Å²) < 4.78 is 2.53. The molecule has 1 atom stereocenters. The lowest BCUT2D eigenvalue weighted by atomic mass is 9.78. The molecule has 1 aliphatic rings. The van der Waals surface area contributed by atoms with E-state index in [-0.39, 0.29) is 0 Å². The summed E-state index contributed by atoms with van der Waals surface area (Å²) in [6.45, 7) is 17.8. The zero-order chi connectivity index (χ0) is 20.8. The first kappa shape index (κ1) is 23.0. The molecule has 0 N–H and O–H groups in total. The molecule has 0 bridgehead atoms. The van der Waals surface area contributed by atoms with E-state index < -0.39 is 0 Å². The molecule has 0 fully saturated rings. The van der Waals surface area contributed by atoms with E-state index in [0.29, 0.717) is 16.7 Å². The molecule has 158 valence electrons. The SMILES string of the molecule is CCCn1c(C)cc2c1=CCCC(C)(C)CCCC(C)(C)CC=CC(C)CC=2. The number of fused-ring (bicyclic) bond motifs is 1. The minimum Gasteiger partial charge on any atom is -0.345 e. The van der Waals surface area contributed by atoms with Gasteiger partial charge in [0.15, 0.2) is 0 Å². The van der Waals surface area contributed by atoms with Crippen LogP contribution in [-0.2, 0) is 6.54 Å². The fourth-order valence-corrected chi connectivity index (χ4v) is 4.52. The zero-order valence-electron chi connectivity index (χ0n) is 19.8. The van der Waals surface area contributed by atoms with E-state index in [9.17, 15) is 0 Å². The third-order valence-corrected chi connectivity index (χ3v) is 6.53. The molecular formula is C27H45N. The zero-order valence-corrected chi connectivity index (χ0v) is 19.8. The molecule has 0 aromatic carbocycles. The Kier molecular flexibility index (Phi) is 8.22. The third kappa shape index (κ3) is 6.98. The van der Waals surface area contributed by atoms with Gasteiger partial charge in [0.1, 0.15) is 0 Å². The number of rotatable bonds is 2. The highest BCUT2D eigenvalue weighted by atomic mass is 15.0. The summed E-state index contributed by atoms with van der Waals surface area (Å²) in [6, 6.07) is 2.40. The highest BCUT2D eigenvalue weighted by Gasteiger charge is 2.21. The summed E-state index contributed by atoms with van der Waals surface area (Å²) in [5.41, 5.74) is 2.25. The van der Waals surface area contributed by atoms with Crippen molar-refractivity contribution in [3.63, 3.8) is 0 Å². The first-order valence-electron chi connectivity index (χ1n) is 11.7. The van der Waals surface area contributed by atoms with Crippen molar-refractivity contribution in [2.45, 2.75) is 106 Å². The van der Waals surface area contributed by atoms with E-state index in [4.69, 9.17) is 0 Å². The van der Waals surface area contributed by atoms with Crippen LogP contribution in [0.15, 0.2) is 18.2 Å². The highest BCUT2D eigenvalue weighted by molar-refractivity contribution is 5.32. The predicted octanol–water partition coefficient (Wildman–Crippen LogP) is 6.76. The second-order valence-electron chi connectivity index (χ2n) is 10.8. The van der Waals surface area contributed by atoms with Crippen molar-refractivity contribution in [1.29, 1.82) is 0 Å². The quantitative estimate of drug-likeness (QED) is 0.497. The van der Waals surface area contributed by atoms with Crippen LogP contribution in [-0.4, -0.2) is 4.57 Å². The topological polar surface area (TPSA) is 4.93 Å². The maximum Gasteiger partial charge on any atom is 0.0438 e. The fraction of sp³-hybridized carbons (Fsp3) is 0.704. The van der Waals surface area contributed by atoms with Gasteiger partial charge in [0, 0.05) is 17.6 Å². The van der Waals surface area contributed by atoms with Gasteiger partial charge in [-0.25, -0.2) is 0 Å². The van der Waals surface area contributed by atoms with Gasteiger partial charge in [-0.05, 0) is 79.9 Å². The minimum atomic E-state index is 0.418. The van der Waals surface area contributed by atoms with Crippen molar-refractivity contribution >= 4 is 12.2 Å². The van der Waals surface area contributed by atoms with Crippen molar-refractivity contribution in [3.05, 3.63) is 34.5 Å².